The number of carbonyl (C=O) groups is 2. The van der Waals surface area contributed by atoms with Crippen molar-refractivity contribution in [2.24, 2.45) is 11.8 Å². The molecule has 12 nitrogen and oxygen atoms in total. The van der Waals surface area contributed by atoms with E-state index in [-0.39, 0.29) is 24.7 Å². The zero-order valence-electron chi connectivity index (χ0n) is 19.5. The van der Waals surface area contributed by atoms with Crippen LogP contribution in [0, 0.1) is 18.8 Å². The number of anilines is 3. The summed E-state index contributed by atoms with van der Waals surface area (Å²) in [6.45, 7) is 3.70. The van der Waals surface area contributed by atoms with Gasteiger partial charge in [0.2, 0.25) is 12.3 Å². The van der Waals surface area contributed by atoms with Crippen LogP contribution in [-0.4, -0.2) is 68.0 Å². The van der Waals surface area contributed by atoms with Crippen LogP contribution in [0.4, 0.5) is 17.5 Å². The molecule has 3 aromatic rings. The van der Waals surface area contributed by atoms with Crippen molar-refractivity contribution < 1.29 is 19.2 Å². The molecule has 12 heteroatoms. The monoisotopic (exact) mass is 478 g/mol. The van der Waals surface area contributed by atoms with Gasteiger partial charge in [-0.3, -0.25) is 14.5 Å². The minimum atomic E-state index is -1.23. The molecule has 3 atom stereocenters. The summed E-state index contributed by atoms with van der Waals surface area (Å²) >= 11 is 0. The third kappa shape index (κ3) is 3.89. The van der Waals surface area contributed by atoms with E-state index in [0.717, 1.165) is 30.7 Å². The molecule has 1 aliphatic carbocycles. The fourth-order valence-electron chi connectivity index (χ4n) is 4.94. The highest BCUT2D eigenvalue weighted by Crippen LogP contribution is 2.46. The standard InChI is InChI=1S/C23H26N8O4/c1-13-6-16(27-35-13)10-31-22(33)20-21(28(2)23(31)34)24-12-30(20)11-19(32)26-17-4-3-5-18(25-17)29-8-14-7-15(14)9-29/h3-6,12,14-15,23,34H,7-11H2,1-2H3,(H,25,26,32). The molecule has 0 spiro atoms. The second kappa shape index (κ2) is 8.08. The number of hydrogen-bond donors (Lipinski definition) is 2. The molecule has 3 unspecified atom stereocenters. The van der Waals surface area contributed by atoms with Crippen molar-refractivity contribution in [1.82, 2.24) is 24.6 Å². The summed E-state index contributed by atoms with van der Waals surface area (Å²) < 4.78 is 6.56. The first kappa shape index (κ1) is 21.6. The van der Waals surface area contributed by atoms with E-state index in [4.69, 9.17) is 4.52 Å². The molecule has 6 rings (SSSR count). The van der Waals surface area contributed by atoms with Crippen molar-refractivity contribution in [1.29, 1.82) is 0 Å². The Balaban J connectivity index is 1.17. The maximum absolute atomic E-state index is 13.3. The quantitative estimate of drug-likeness (QED) is 0.533. The number of rotatable bonds is 6. The third-order valence-electron chi connectivity index (χ3n) is 6.87. The number of fused-ring (bicyclic) bond motifs is 2. The molecule has 5 heterocycles. The van der Waals surface area contributed by atoms with Crippen molar-refractivity contribution in [3.8, 4) is 0 Å². The first-order valence-corrected chi connectivity index (χ1v) is 11.6. The molecule has 3 aromatic heterocycles. The number of aliphatic hydroxyl groups is 1. The Morgan fingerprint density at radius 2 is 2.09 bits per heavy atom. The molecule has 2 aliphatic heterocycles. The molecule has 2 N–H and O–H groups in total. The normalized spacial score (nSPS) is 22.9. The van der Waals surface area contributed by atoms with Crippen LogP contribution in [0.3, 0.4) is 0 Å². The Hall–Kier alpha value is -3.93. The van der Waals surface area contributed by atoms with Crippen LogP contribution in [0.1, 0.15) is 28.4 Å². The predicted octanol–water partition coefficient (Wildman–Crippen LogP) is 1.04. The van der Waals surface area contributed by atoms with Crippen molar-refractivity contribution in [2.75, 3.05) is 35.3 Å². The van der Waals surface area contributed by atoms with Crippen molar-refractivity contribution in [3.05, 3.63) is 47.7 Å². The Morgan fingerprint density at radius 3 is 2.83 bits per heavy atom. The van der Waals surface area contributed by atoms with Crippen LogP contribution in [0.5, 0.6) is 0 Å². The van der Waals surface area contributed by atoms with E-state index in [2.05, 4.69) is 25.3 Å². The van der Waals surface area contributed by atoms with E-state index < -0.39 is 12.3 Å². The number of nitrogens with one attached hydrogen (secondary N) is 1. The van der Waals surface area contributed by atoms with Crippen LogP contribution >= 0.6 is 0 Å². The second-order valence-electron chi connectivity index (χ2n) is 9.45. The number of imidazole rings is 1. The number of nitrogens with zero attached hydrogens (tertiary/aromatic N) is 7. The number of piperidine rings is 1. The summed E-state index contributed by atoms with van der Waals surface area (Å²) in [4.78, 5) is 40.0. The number of carbonyl (C=O) groups excluding carboxylic acids is 2. The number of aryl methyl sites for hydroxylation is 1. The smallest absolute Gasteiger partial charge is 0.278 e. The first-order valence-electron chi connectivity index (χ1n) is 11.6. The van der Waals surface area contributed by atoms with Crippen LogP contribution in [0.25, 0.3) is 0 Å². The number of aliphatic hydroxyl groups excluding tert-OH is 1. The fourth-order valence-corrected chi connectivity index (χ4v) is 4.94. The molecule has 2 fully saturated rings. The van der Waals surface area contributed by atoms with Gasteiger partial charge in [-0.1, -0.05) is 11.2 Å². The van der Waals surface area contributed by atoms with Gasteiger partial charge in [0, 0.05) is 26.2 Å². The fraction of sp³-hybridized carbons (Fsp3) is 0.435. The van der Waals surface area contributed by atoms with E-state index in [1.54, 1.807) is 26.1 Å². The molecule has 1 saturated carbocycles. The molecule has 182 valence electrons. The van der Waals surface area contributed by atoms with E-state index in [0.29, 0.717) is 23.1 Å². The van der Waals surface area contributed by atoms with Gasteiger partial charge in [0.25, 0.3) is 5.91 Å². The Labute approximate surface area is 201 Å². The lowest BCUT2D eigenvalue weighted by Crippen LogP contribution is -2.54. The van der Waals surface area contributed by atoms with Gasteiger partial charge in [-0.15, -0.1) is 0 Å². The van der Waals surface area contributed by atoms with Crippen LogP contribution < -0.4 is 15.1 Å². The minimum absolute atomic E-state index is 0.0490. The zero-order valence-corrected chi connectivity index (χ0v) is 19.5. The molecule has 0 aromatic carbocycles. The van der Waals surface area contributed by atoms with Crippen LogP contribution in [-0.2, 0) is 17.9 Å². The summed E-state index contributed by atoms with van der Waals surface area (Å²) in [5.74, 6) is 3.01. The van der Waals surface area contributed by atoms with Gasteiger partial charge in [0.15, 0.2) is 11.5 Å². The largest absolute Gasteiger partial charge is 0.361 e. The molecule has 1 saturated heterocycles. The zero-order chi connectivity index (χ0) is 24.3. The Kier molecular flexibility index (Phi) is 4.99. The van der Waals surface area contributed by atoms with Crippen molar-refractivity contribution in [2.45, 2.75) is 32.8 Å². The van der Waals surface area contributed by atoms with Gasteiger partial charge in [-0.25, -0.2) is 9.97 Å². The highest BCUT2D eigenvalue weighted by molar-refractivity contribution is 6.00. The van der Waals surface area contributed by atoms with Crippen molar-refractivity contribution >= 4 is 29.3 Å². The lowest BCUT2D eigenvalue weighted by molar-refractivity contribution is -0.116. The van der Waals surface area contributed by atoms with Crippen LogP contribution in [0.2, 0.25) is 0 Å². The number of aromatic nitrogens is 4. The van der Waals surface area contributed by atoms with Crippen LogP contribution in [0.15, 0.2) is 35.1 Å². The lowest BCUT2D eigenvalue weighted by atomic mass is 10.2. The summed E-state index contributed by atoms with van der Waals surface area (Å²) in [5, 5.41) is 17.4. The third-order valence-corrected chi connectivity index (χ3v) is 6.87. The Bertz CT molecular complexity index is 1290. The minimum Gasteiger partial charge on any atom is -0.361 e. The highest BCUT2D eigenvalue weighted by Gasteiger charge is 2.45. The average molecular weight is 479 g/mol. The molecular weight excluding hydrogens is 452 g/mol. The van der Waals surface area contributed by atoms with Gasteiger partial charge >= 0.3 is 0 Å². The number of pyridine rings is 1. The van der Waals surface area contributed by atoms with E-state index in [1.807, 2.05) is 12.1 Å². The topological polar surface area (TPSA) is 133 Å². The molecule has 2 amide bonds. The average Bonchev–Trinajstić information content (AvgIpc) is 3.17. The summed E-state index contributed by atoms with van der Waals surface area (Å²) in [7, 11) is 1.63. The molecule has 0 bridgehead atoms. The van der Waals surface area contributed by atoms with E-state index in [9.17, 15) is 14.7 Å². The van der Waals surface area contributed by atoms with Crippen molar-refractivity contribution in [3.63, 3.8) is 0 Å². The highest BCUT2D eigenvalue weighted by atomic mass is 16.5. The molecule has 3 aliphatic rings. The van der Waals surface area contributed by atoms with Gasteiger partial charge < -0.3 is 29.3 Å². The molecule has 35 heavy (non-hydrogen) atoms. The van der Waals surface area contributed by atoms with E-state index >= 15 is 0 Å². The predicted molar refractivity (Wildman–Crippen MR) is 124 cm³/mol. The van der Waals surface area contributed by atoms with Gasteiger partial charge in [0.1, 0.15) is 29.6 Å². The molecular formula is C23H26N8O4. The number of amides is 2. The molecule has 0 radical (unpaired) electrons. The van der Waals surface area contributed by atoms with Gasteiger partial charge in [-0.2, -0.15) is 0 Å². The second-order valence-corrected chi connectivity index (χ2v) is 9.45. The summed E-state index contributed by atoms with van der Waals surface area (Å²) in [6, 6.07) is 7.28. The Morgan fingerprint density at radius 1 is 1.29 bits per heavy atom. The maximum atomic E-state index is 13.3. The lowest BCUT2D eigenvalue weighted by Gasteiger charge is -2.38. The SMILES string of the molecule is Cc1cc(CN2C(=O)c3c(ncn3CC(=O)Nc3cccc(N4CC5CC5C4)n3)N(C)C2O)no1. The summed E-state index contributed by atoms with van der Waals surface area (Å²) in [6.07, 6.45) is 1.51. The van der Waals surface area contributed by atoms with Gasteiger partial charge in [0.05, 0.1) is 12.9 Å². The maximum Gasteiger partial charge on any atom is 0.278 e. The first-order chi connectivity index (χ1) is 16.9. The van der Waals surface area contributed by atoms with Gasteiger partial charge in [-0.05, 0) is 37.3 Å². The number of hydrogen-bond acceptors (Lipinski definition) is 9. The summed E-state index contributed by atoms with van der Waals surface area (Å²) in [5.41, 5.74) is 0.725. The van der Waals surface area contributed by atoms with E-state index in [1.165, 1.54) is 27.1 Å².